The van der Waals surface area contributed by atoms with Gasteiger partial charge < -0.3 is 10.5 Å². The molecule has 0 aromatic carbocycles. The molecule has 1 atom stereocenters. The minimum absolute atomic E-state index is 0.0825. The number of hydrogen-bond acceptors (Lipinski definition) is 4. The largest absolute Gasteiger partial charge is 0.401 e. The first kappa shape index (κ1) is 16.0. The average molecular weight is 295 g/mol. The monoisotopic (exact) mass is 295 g/mol. The van der Waals surface area contributed by atoms with Gasteiger partial charge in [0.05, 0.1) is 6.54 Å². The van der Waals surface area contributed by atoms with Gasteiger partial charge in [0.15, 0.2) is 0 Å². The topological polar surface area (TPSA) is 41.7 Å². The second-order valence-corrected chi connectivity index (χ2v) is 5.77. The van der Waals surface area contributed by atoms with Crippen molar-refractivity contribution in [3.8, 4) is 0 Å². The molecular formula is C13H24F3N3O. The van der Waals surface area contributed by atoms with Gasteiger partial charge in [0.25, 0.3) is 0 Å². The predicted molar refractivity (Wildman–Crippen MR) is 70.5 cm³/mol. The van der Waals surface area contributed by atoms with Gasteiger partial charge in [-0.2, -0.15) is 13.2 Å². The minimum atomic E-state index is -4.11. The Kier molecular flexibility index (Phi) is 5.28. The molecule has 0 amide bonds. The predicted octanol–water partition coefficient (Wildman–Crippen LogP) is 1.06. The van der Waals surface area contributed by atoms with Crippen molar-refractivity contribution in [3.63, 3.8) is 0 Å². The molecule has 4 nitrogen and oxygen atoms in total. The molecule has 20 heavy (non-hydrogen) atoms. The van der Waals surface area contributed by atoms with Gasteiger partial charge in [-0.25, -0.2) is 0 Å². The smallest absolute Gasteiger partial charge is 0.381 e. The van der Waals surface area contributed by atoms with E-state index in [1.54, 1.807) is 0 Å². The fourth-order valence-corrected chi connectivity index (χ4v) is 3.28. The Labute approximate surface area is 118 Å². The third-order valence-electron chi connectivity index (χ3n) is 4.47. The molecular weight excluding hydrogens is 271 g/mol. The van der Waals surface area contributed by atoms with Crippen molar-refractivity contribution in [2.45, 2.75) is 31.0 Å². The molecule has 2 N–H and O–H groups in total. The van der Waals surface area contributed by atoms with Crippen molar-refractivity contribution < 1.29 is 17.9 Å². The number of nitrogens with zero attached hydrogens (tertiary/aromatic N) is 2. The number of rotatable bonds is 3. The third kappa shape index (κ3) is 4.07. The third-order valence-corrected chi connectivity index (χ3v) is 4.47. The zero-order valence-electron chi connectivity index (χ0n) is 11.8. The molecule has 118 valence electrons. The highest BCUT2D eigenvalue weighted by Crippen LogP contribution is 2.29. The highest BCUT2D eigenvalue weighted by atomic mass is 19.4. The van der Waals surface area contributed by atoms with Crippen LogP contribution in [-0.2, 0) is 4.74 Å². The van der Waals surface area contributed by atoms with E-state index in [-0.39, 0.29) is 5.54 Å². The summed E-state index contributed by atoms with van der Waals surface area (Å²) in [4.78, 5) is 3.77. The van der Waals surface area contributed by atoms with Crippen LogP contribution in [0.25, 0.3) is 0 Å². The van der Waals surface area contributed by atoms with Crippen molar-refractivity contribution >= 4 is 0 Å². The highest BCUT2D eigenvalue weighted by molar-refractivity contribution is 4.95. The van der Waals surface area contributed by atoms with Crippen LogP contribution in [0.4, 0.5) is 13.2 Å². The van der Waals surface area contributed by atoms with Crippen LogP contribution in [0.1, 0.15) is 19.3 Å². The zero-order valence-corrected chi connectivity index (χ0v) is 11.8. The fraction of sp³-hybridized carbons (Fsp3) is 1.00. The summed E-state index contributed by atoms with van der Waals surface area (Å²) in [5, 5.41) is 0. The average Bonchev–Trinajstić information content (AvgIpc) is 2.64. The molecule has 0 saturated carbocycles. The molecule has 0 radical (unpaired) electrons. The lowest BCUT2D eigenvalue weighted by Gasteiger charge is -2.47. The first-order chi connectivity index (χ1) is 9.45. The molecule has 2 aliphatic heterocycles. The summed E-state index contributed by atoms with van der Waals surface area (Å²) < 4.78 is 42.7. The van der Waals surface area contributed by atoms with Crippen molar-refractivity contribution in [2.24, 2.45) is 5.73 Å². The van der Waals surface area contributed by atoms with Crippen molar-refractivity contribution in [1.29, 1.82) is 0 Å². The number of ether oxygens (including phenoxy) is 1. The van der Waals surface area contributed by atoms with E-state index >= 15 is 0 Å². The molecule has 7 heteroatoms. The summed E-state index contributed by atoms with van der Waals surface area (Å²) in [6, 6.07) is 0. The van der Waals surface area contributed by atoms with Crippen molar-refractivity contribution in [1.82, 2.24) is 9.80 Å². The second-order valence-electron chi connectivity index (χ2n) is 5.77. The van der Waals surface area contributed by atoms with Gasteiger partial charge in [-0.05, 0) is 19.3 Å². The van der Waals surface area contributed by atoms with Crippen LogP contribution in [0.2, 0.25) is 0 Å². The summed E-state index contributed by atoms with van der Waals surface area (Å²) >= 11 is 0. The SMILES string of the molecule is NCC1(N2CCN(CC(F)(F)F)CC2)CCCOCC1. The first-order valence-electron chi connectivity index (χ1n) is 7.27. The van der Waals surface area contributed by atoms with E-state index in [9.17, 15) is 13.2 Å². The lowest BCUT2D eigenvalue weighted by molar-refractivity contribution is -0.151. The highest BCUT2D eigenvalue weighted by Gasteiger charge is 2.39. The van der Waals surface area contributed by atoms with Crippen LogP contribution in [0.15, 0.2) is 0 Å². The Morgan fingerprint density at radius 3 is 2.35 bits per heavy atom. The molecule has 0 aromatic heterocycles. The molecule has 0 spiro atoms. The maximum Gasteiger partial charge on any atom is 0.401 e. The second kappa shape index (κ2) is 6.60. The van der Waals surface area contributed by atoms with E-state index in [0.29, 0.717) is 39.3 Å². The van der Waals surface area contributed by atoms with Crippen LogP contribution in [0, 0.1) is 0 Å². The van der Waals surface area contributed by atoms with E-state index in [0.717, 1.165) is 25.9 Å². The molecule has 0 aromatic rings. The summed E-state index contributed by atoms with van der Waals surface area (Å²) in [5.41, 5.74) is 5.90. The van der Waals surface area contributed by atoms with Crippen LogP contribution in [-0.4, -0.2) is 74.0 Å². The van der Waals surface area contributed by atoms with Crippen molar-refractivity contribution in [3.05, 3.63) is 0 Å². The van der Waals surface area contributed by atoms with Gasteiger partial charge in [-0.1, -0.05) is 0 Å². The van der Waals surface area contributed by atoms with Gasteiger partial charge in [0, 0.05) is 51.5 Å². The Balaban J connectivity index is 1.91. The van der Waals surface area contributed by atoms with E-state index < -0.39 is 12.7 Å². The Morgan fingerprint density at radius 1 is 1.05 bits per heavy atom. The number of hydrogen-bond donors (Lipinski definition) is 1. The normalized spacial score (nSPS) is 31.2. The van der Waals surface area contributed by atoms with E-state index in [1.165, 1.54) is 4.90 Å². The van der Waals surface area contributed by atoms with Gasteiger partial charge >= 0.3 is 6.18 Å². The number of alkyl halides is 3. The Hall–Kier alpha value is -0.370. The molecule has 0 bridgehead atoms. The number of piperazine rings is 1. The fourth-order valence-electron chi connectivity index (χ4n) is 3.28. The molecule has 0 aliphatic carbocycles. The molecule has 1 unspecified atom stereocenters. The summed E-state index contributed by atoms with van der Waals surface area (Å²) in [7, 11) is 0. The number of halogens is 3. The first-order valence-corrected chi connectivity index (χ1v) is 7.27. The van der Waals surface area contributed by atoms with Gasteiger partial charge in [0.1, 0.15) is 0 Å². The molecule has 2 heterocycles. The van der Waals surface area contributed by atoms with Crippen LogP contribution in [0.3, 0.4) is 0 Å². The lowest BCUT2D eigenvalue weighted by atomic mass is 9.88. The maximum absolute atomic E-state index is 12.4. The van der Waals surface area contributed by atoms with E-state index in [1.807, 2.05) is 0 Å². The molecule has 2 rings (SSSR count). The summed E-state index contributed by atoms with van der Waals surface area (Å²) in [6.45, 7) is 3.44. The van der Waals surface area contributed by atoms with E-state index in [2.05, 4.69) is 4.90 Å². The standard InChI is InChI=1S/C13H24F3N3O/c14-13(15,16)11-18-4-6-19(7-5-18)12(10-17)2-1-8-20-9-3-12/h1-11,17H2. The lowest BCUT2D eigenvalue weighted by Crippen LogP contribution is -2.61. The minimum Gasteiger partial charge on any atom is -0.381 e. The quantitative estimate of drug-likeness (QED) is 0.845. The molecule has 2 aliphatic rings. The van der Waals surface area contributed by atoms with E-state index in [4.69, 9.17) is 10.5 Å². The van der Waals surface area contributed by atoms with Crippen LogP contribution in [0.5, 0.6) is 0 Å². The maximum atomic E-state index is 12.4. The van der Waals surface area contributed by atoms with Gasteiger partial charge in [-0.3, -0.25) is 9.80 Å². The Morgan fingerprint density at radius 2 is 1.75 bits per heavy atom. The molecule has 2 fully saturated rings. The van der Waals surface area contributed by atoms with Crippen molar-refractivity contribution in [2.75, 3.05) is 52.5 Å². The zero-order chi connectivity index (χ0) is 14.6. The van der Waals surface area contributed by atoms with Gasteiger partial charge in [-0.15, -0.1) is 0 Å². The summed E-state index contributed by atoms with van der Waals surface area (Å²) in [6.07, 6.45) is -1.28. The van der Waals surface area contributed by atoms with Crippen LogP contribution < -0.4 is 5.73 Å². The number of nitrogens with two attached hydrogens (primary N) is 1. The van der Waals surface area contributed by atoms with Crippen LogP contribution >= 0.6 is 0 Å². The summed E-state index contributed by atoms with van der Waals surface area (Å²) in [5.74, 6) is 0. The Bertz CT molecular complexity index is 296. The molecule has 2 saturated heterocycles. The van der Waals surface area contributed by atoms with Gasteiger partial charge in [0.2, 0.25) is 0 Å².